The average Bonchev–Trinajstić information content (AvgIpc) is 2.42. The zero-order chi connectivity index (χ0) is 13.8. The Hall–Kier alpha value is -0.710. The molecular formula is C15H14Br2FN. The SMILES string of the molecule is CNC(Cc1ccc(Br)cc1)c1cccc(F)c1Br. The number of rotatable bonds is 4. The molecule has 0 fully saturated rings. The Morgan fingerprint density at radius 1 is 1.11 bits per heavy atom. The summed E-state index contributed by atoms with van der Waals surface area (Å²) in [7, 11) is 1.89. The minimum atomic E-state index is -0.228. The van der Waals surface area contributed by atoms with Crippen molar-refractivity contribution in [2.24, 2.45) is 0 Å². The summed E-state index contributed by atoms with van der Waals surface area (Å²) in [6.07, 6.45) is 0.811. The number of nitrogens with one attached hydrogen (secondary N) is 1. The molecule has 0 aliphatic heterocycles. The van der Waals surface area contributed by atoms with E-state index in [1.165, 1.54) is 11.6 Å². The van der Waals surface area contributed by atoms with Crippen molar-refractivity contribution in [3.05, 3.63) is 68.4 Å². The van der Waals surface area contributed by atoms with Gasteiger partial charge in [-0.2, -0.15) is 0 Å². The number of halogens is 3. The van der Waals surface area contributed by atoms with Gasteiger partial charge in [0.25, 0.3) is 0 Å². The number of hydrogen-bond acceptors (Lipinski definition) is 1. The first kappa shape index (κ1) is 14.7. The third-order valence-electron chi connectivity index (χ3n) is 3.06. The van der Waals surface area contributed by atoms with Crippen LogP contribution in [0.4, 0.5) is 4.39 Å². The molecule has 2 aromatic rings. The topological polar surface area (TPSA) is 12.0 Å². The first-order chi connectivity index (χ1) is 9.11. The third-order valence-corrected chi connectivity index (χ3v) is 4.42. The highest BCUT2D eigenvalue weighted by Gasteiger charge is 2.15. The van der Waals surface area contributed by atoms with Gasteiger partial charge in [-0.15, -0.1) is 0 Å². The summed E-state index contributed by atoms with van der Waals surface area (Å²) in [6, 6.07) is 13.4. The van der Waals surface area contributed by atoms with E-state index < -0.39 is 0 Å². The standard InChI is InChI=1S/C15H14Br2FN/c1-19-14(9-10-5-7-11(16)8-6-10)12-3-2-4-13(18)15(12)17/h2-8,14,19H,9H2,1H3. The highest BCUT2D eigenvalue weighted by Crippen LogP contribution is 2.28. The predicted octanol–water partition coefficient (Wildman–Crippen LogP) is 4.85. The van der Waals surface area contributed by atoms with Crippen LogP contribution >= 0.6 is 31.9 Å². The van der Waals surface area contributed by atoms with Gasteiger partial charge in [0.05, 0.1) is 4.47 Å². The summed E-state index contributed by atoms with van der Waals surface area (Å²) in [6.45, 7) is 0. The van der Waals surface area contributed by atoms with Crippen molar-refractivity contribution >= 4 is 31.9 Å². The lowest BCUT2D eigenvalue weighted by atomic mass is 9.99. The average molecular weight is 387 g/mol. The van der Waals surface area contributed by atoms with Crippen LogP contribution in [-0.4, -0.2) is 7.05 Å². The first-order valence-corrected chi connectivity index (χ1v) is 7.56. The van der Waals surface area contributed by atoms with Crippen LogP contribution in [0.15, 0.2) is 51.4 Å². The van der Waals surface area contributed by atoms with Crippen LogP contribution in [0.25, 0.3) is 0 Å². The van der Waals surface area contributed by atoms with Gasteiger partial charge in [-0.05, 0) is 58.7 Å². The van der Waals surface area contributed by atoms with Gasteiger partial charge < -0.3 is 5.32 Å². The molecule has 0 aromatic heterocycles. The van der Waals surface area contributed by atoms with Crippen LogP contribution in [-0.2, 0) is 6.42 Å². The van der Waals surface area contributed by atoms with Crippen LogP contribution < -0.4 is 5.32 Å². The molecule has 0 bridgehead atoms. The zero-order valence-corrected chi connectivity index (χ0v) is 13.6. The van der Waals surface area contributed by atoms with Crippen molar-refractivity contribution in [3.8, 4) is 0 Å². The second-order valence-electron chi connectivity index (χ2n) is 4.31. The molecule has 1 unspecified atom stereocenters. The minimum absolute atomic E-state index is 0.0752. The fourth-order valence-corrected chi connectivity index (χ4v) is 2.82. The summed E-state index contributed by atoms with van der Waals surface area (Å²) in [5.74, 6) is -0.228. The van der Waals surface area contributed by atoms with Crippen LogP contribution in [0.5, 0.6) is 0 Å². The van der Waals surface area contributed by atoms with Crippen molar-refractivity contribution in [1.29, 1.82) is 0 Å². The summed E-state index contributed by atoms with van der Waals surface area (Å²) in [5, 5.41) is 3.24. The predicted molar refractivity (Wildman–Crippen MR) is 83.7 cm³/mol. The molecule has 4 heteroatoms. The summed E-state index contributed by atoms with van der Waals surface area (Å²) >= 11 is 6.75. The van der Waals surface area contributed by atoms with Crippen molar-refractivity contribution < 1.29 is 4.39 Å². The van der Waals surface area contributed by atoms with Crippen LogP contribution in [0.1, 0.15) is 17.2 Å². The maximum atomic E-state index is 13.6. The van der Waals surface area contributed by atoms with E-state index in [1.807, 2.05) is 25.2 Å². The van der Waals surface area contributed by atoms with Gasteiger partial charge in [0.1, 0.15) is 5.82 Å². The molecule has 2 rings (SSSR count). The number of likely N-dealkylation sites (N-methyl/N-ethyl adjacent to an activating group) is 1. The minimum Gasteiger partial charge on any atom is -0.313 e. The summed E-state index contributed by atoms with van der Waals surface area (Å²) < 4.78 is 15.2. The second kappa shape index (κ2) is 6.64. The van der Waals surface area contributed by atoms with E-state index in [0.717, 1.165) is 16.5 Å². The Bertz CT molecular complexity index is 555. The first-order valence-electron chi connectivity index (χ1n) is 5.97. The lowest BCUT2D eigenvalue weighted by Crippen LogP contribution is -2.19. The Labute approximate surface area is 129 Å². The molecular weight excluding hydrogens is 373 g/mol. The van der Waals surface area contributed by atoms with E-state index in [1.54, 1.807) is 6.07 Å². The number of benzene rings is 2. The lowest BCUT2D eigenvalue weighted by Gasteiger charge is -2.18. The van der Waals surface area contributed by atoms with E-state index in [4.69, 9.17) is 0 Å². The van der Waals surface area contributed by atoms with E-state index in [9.17, 15) is 4.39 Å². The molecule has 0 radical (unpaired) electrons. The van der Waals surface area contributed by atoms with Crippen molar-refractivity contribution in [1.82, 2.24) is 5.32 Å². The highest BCUT2D eigenvalue weighted by atomic mass is 79.9. The molecule has 1 nitrogen and oxygen atoms in total. The van der Waals surface area contributed by atoms with Crippen molar-refractivity contribution in [3.63, 3.8) is 0 Å². The molecule has 0 spiro atoms. The van der Waals surface area contributed by atoms with Gasteiger partial charge in [-0.1, -0.05) is 40.2 Å². The highest BCUT2D eigenvalue weighted by molar-refractivity contribution is 9.10. The Kier molecular flexibility index (Phi) is 5.13. The molecule has 1 N–H and O–H groups in total. The molecule has 0 saturated heterocycles. The van der Waals surface area contributed by atoms with Gasteiger partial charge >= 0.3 is 0 Å². The van der Waals surface area contributed by atoms with E-state index in [0.29, 0.717) is 4.47 Å². The van der Waals surface area contributed by atoms with Crippen LogP contribution in [0.2, 0.25) is 0 Å². The fourth-order valence-electron chi connectivity index (χ4n) is 2.01. The Morgan fingerprint density at radius 3 is 2.42 bits per heavy atom. The molecule has 1 atom stereocenters. The molecule has 0 heterocycles. The second-order valence-corrected chi connectivity index (χ2v) is 6.02. The molecule has 2 aromatic carbocycles. The number of hydrogen-bond donors (Lipinski definition) is 1. The quantitative estimate of drug-likeness (QED) is 0.791. The molecule has 0 amide bonds. The Balaban J connectivity index is 2.25. The smallest absolute Gasteiger partial charge is 0.137 e. The van der Waals surface area contributed by atoms with Crippen LogP contribution in [0, 0.1) is 5.82 Å². The Morgan fingerprint density at radius 2 is 1.79 bits per heavy atom. The van der Waals surface area contributed by atoms with Crippen molar-refractivity contribution in [2.45, 2.75) is 12.5 Å². The summed E-state index contributed by atoms with van der Waals surface area (Å²) in [5.41, 5.74) is 2.14. The van der Waals surface area contributed by atoms with Gasteiger partial charge in [-0.3, -0.25) is 0 Å². The van der Waals surface area contributed by atoms with Gasteiger partial charge in [0.15, 0.2) is 0 Å². The molecule has 19 heavy (non-hydrogen) atoms. The van der Waals surface area contributed by atoms with Gasteiger partial charge in [0.2, 0.25) is 0 Å². The van der Waals surface area contributed by atoms with Crippen molar-refractivity contribution in [2.75, 3.05) is 7.05 Å². The summed E-state index contributed by atoms with van der Waals surface area (Å²) in [4.78, 5) is 0. The molecule has 0 saturated carbocycles. The van der Waals surface area contributed by atoms with Crippen LogP contribution in [0.3, 0.4) is 0 Å². The maximum Gasteiger partial charge on any atom is 0.137 e. The van der Waals surface area contributed by atoms with E-state index >= 15 is 0 Å². The zero-order valence-electron chi connectivity index (χ0n) is 10.5. The monoisotopic (exact) mass is 385 g/mol. The lowest BCUT2D eigenvalue weighted by molar-refractivity contribution is 0.571. The van der Waals surface area contributed by atoms with Gasteiger partial charge in [0, 0.05) is 10.5 Å². The molecule has 0 aliphatic rings. The van der Waals surface area contributed by atoms with E-state index in [-0.39, 0.29) is 11.9 Å². The fraction of sp³-hybridized carbons (Fsp3) is 0.200. The van der Waals surface area contributed by atoms with Gasteiger partial charge in [-0.25, -0.2) is 4.39 Å². The third kappa shape index (κ3) is 3.65. The largest absolute Gasteiger partial charge is 0.313 e. The normalized spacial score (nSPS) is 12.4. The van der Waals surface area contributed by atoms with E-state index in [2.05, 4.69) is 49.3 Å². The molecule has 0 aliphatic carbocycles. The maximum absolute atomic E-state index is 13.6. The molecule has 100 valence electrons.